The zero-order chi connectivity index (χ0) is 11.8. The van der Waals surface area contributed by atoms with Crippen LogP contribution in [0.25, 0.3) is 0 Å². The van der Waals surface area contributed by atoms with Gasteiger partial charge in [0.1, 0.15) is 5.76 Å². The van der Waals surface area contributed by atoms with Crippen molar-refractivity contribution in [3.63, 3.8) is 0 Å². The molecule has 90 valence electrons. The third-order valence-corrected chi connectivity index (χ3v) is 2.46. The van der Waals surface area contributed by atoms with Crippen LogP contribution in [-0.4, -0.2) is 22.8 Å². The Morgan fingerprint density at radius 3 is 3.06 bits per heavy atom. The number of hydrogen-bond acceptors (Lipinski definition) is 4. The van der Waals surface area contributed by atoms with Crippen LogP contribution >= 0.6 is 0 Å². The van der Waals surface area contributed by atoms with Gasteiger partial charge in [-0.2, -0.15) is 0 Å². The second-order valence-corrected chi connectivity index (χ2v) is 3.98. The third kappa shape index (κ3) is 5.50. The van der Waals surface area contributed by atoms with Gasteiger partial charge in [0.15, 0.2) is 0 Å². The summed E-state index contributed by atoms with van der Waals surface area (Å²) in [6.45, 7) is 3.60. The van der Waals surface area contributed by atoms with E-state index in [1.165, 1.54) is 0 Å². The lowest BCUT2D eigenvalue weighted by molar-refractivity contribution is -0.137. The quantitative estimate of drug-likeness (QED) is 0.659. The van der Waals surface area contributed by atoms with E-state index in [9.17, 15) is 4.79 Å². The molecule has 0 aliphatic rings. The Hall–Kier alpha value is -1.36. The molecule has 5 heteroatoms. The Labute approximate surface area is 94.8 Å². The molecule has 0 amide bonds. The fraction of sp³-hybridized carbons (Fsp3) is 0.636. The molecule has 0 aromatic carbocycles. The summed E-state index contributed by atoms with van der Waals surface area (Å²) in [5, 5.41) is 15.4. The molecule has 16 heavy (non-hydrogen) atoms. The molecule has 0 saturated carbocycles. The van der Waals surface area contributed by atoms with E-state index in [0.29, 0.717) is 12.5 Å². The smallest absolute Gasteiger partial charge is 0.303 e. The van der Waals surface area contributed by atoms with Crippen molar-refractivity contribution in [2.45, 2.75) is 32.7 Å². The van der Waals surface area contributed by atoms with E-state index in [4.69, 9.17) is 9.63 Å². The lowest BCUT2D eigenvalue weighted by Crippen LogP contribution is -2.17. The molecule has 0 saturated heterocycles. The minimum atomic E-state index is -0.721. The van der Waals surface area contributed by atoms with Crippen LogP contribution in [0.3, 0.4) is 0 Å². The van der Waals surface area contributed by atoms with E-state index < -0.39 is 5.97 Å². The average molecular weight is 226 g/mol. The van der Waals surface area contributed by atoms with Gasteiger partial charge in [0, 0.05) is 12.5 Å². The largest absolute Gasteiger partial charge is 0.481 e. The summed E-state index contributed by atoms with van der Waals surface area (Å²) < 4.78 is 4.93. The van der Waals surface area contributed by atoms with Gasteiger partial charge in [0.25, 0.3) is 0 Å². The van der Waals surface area contributed by atoms with Crippen molar-refractivity contribution >= 4 is 5.97 Å². The summed E-state index contributed by atoms with van der Waals surface area (Å²) >= 11 is 0. The molecule has 1 unspecified atom stereocenters. The lowest BCUT2D eigenvalue weighted by atomic mass is 10.0. The maximum Gasteiger partial charge on any atom is 0.303 e. The third-order valence-electron chi connectivity index (χ3n) is 2.46. The van der Waals surface area contributed by atoms with Crippen molar-refractivity contribution in [1.82, 2.24) is 10.5 Å². The van der Waals surface area contributed by atoms with Gasteiger partial charge in [0.2, 0.25) is 0 Å². The van der Waals surface area contributed by atoms with Crippen molar-refractivity contribution in [2.75, 3.05) is 6.54 Å². The van der Waals surface area contributed by atoms with Gasteiger partial charge < -0.3 is 14.9 Å². The normalized spacial score (nSPS) is 12.6. The first-order valence-electron chi connectivity index (χ1n) is 5.50. The Bertz CT molecular complexity index is 298. The molecular formula is C11H18N2O3. The Balaban J connectivity index is 2.00. The molecule has 0 aliphatic heterocycles. The highest BCUT2D eigenvalue weighted by molar-refractivity contribution is 5.66. The first-order chi connectivity index (χ1) is 7.68. The predicted molar refractivity (Wildman–Crippen MR) is 58.9 cm³/mol. The zero-order valence-corrected chi connectivity index (χ0v) is 9.48. The standard InChI is InChI=1S/C11H18N2O3/c1-9(2-3-11(14)15)4-6-12-8-10-5-7-13-16-10/h5,7,9,12H,2-4,6,8H2,1H3,(H,14,15). The zero-order valence-electron chi connectivity index (χ0n) is 9.48. The van der Waals surface area contributed by atoms with Crippen LogP contribution in [-0.2, 0) is 11.3 Å². The van der Waals surface area contributed by atoms with E-state index in [0.717, 1.165) is 25.1 Å². The molecule has 2 N–H and O–H groups in total. The fourth-order valence-electron chi connectivity index (χ4n) is 1.41. The number of carbonyl (C=O) groups is 1. The topological polar surface area (TPSA) is 75.4 Å². The highest BCUT2D eigenvalue weighted by Crippen LogP contribution is 2.09. The van der Waals surface area contributed by atoms with E-state index >= 15 is 0 Å². The van der Waals surface area contributed by atoms with Gasteiger partial charge in [-0.15, -0.1) is 0 Å². The molecule has 1 atom stereocenters. The number of rotatable bonds is 8. The molecule has 0 aliphatic carbocycles. The van der Waals surface area contributed by atoms with Crippen LogP contribution in [0.4, 0.5) is 0 Å². The van der Waals surface area contributed by atoms with Crippen LogP contribution in [0.15, 0.2) is 16.8 Å². The molecule has 0 bridgehead atoms. The van der Waals surface area contributed by atoms with Crippen LogP contribution in [0.5, 0.6) is 0 Å². The number of nitrogens with zero attached hydrogens (tertiary/aromatic N) is 1. The number of aliphatic carboxylic acids is 1. The molecule has 0 radical (unpaired) electrons. The van der Waals surface area contributed by atoms with Crippen molar-refractivity contribution < 1.29 is 14.4 Å². The van der Waals surface area contributed by atoms with Gasteiger partial charge in [-0.3, -0.25) is 4.79 Å². The highest BCUT2D eigenvalue weighted by atomic mass is 16.5. The first kappa shape index (κ1) is 12.7. The van der Waals surface area contributed by atoms with Gasteiger partial charge in [0.05, 0.1) is 12.7 Å². The summed E-state index contributed by atoms with van der Waals surface area (Å²) in [6.07, 6.45) is 3.58. The molecule has 5 nitrogen and oxygen atoms in total. The predicted octanol–water partition coefficient (Wildman–Crippen LogP) is 1.66. The minimum Gasteiger partial charge on any atom is -0.481 e. The van der Waals surface area contributed by atoms with Crippen molar-refractivity contribution in [3.8, 4) is 0 Å². The molecule has 0 fully saturated rings. The van der Waals surface area contributed by atoms with E-state index in [1.807, 2.05) is 6.07 Å². The van der Waals surface area contributed by atoms with E-state index in [1.54, 1.807) is 6.20 Å². The summed E-state index contributed by atoms with van der Waals surface area (Å²) in [5.41, 5.74) is 0. The van der Waals surface area contributed by atoms with Gasteiger partial charge in [-0.05, 0) is 25.3 Å². The van der Waals surface area contributed by atoms with Crippen LogP contribution < -0.4 is 5.32 Å². The van der Waals surface area contributed by atoms with Crippen LogP contribution in [0.1, 0.15) is 31.9 Å². The maximum absolute atomic E-state index is 10.4. The van der Waals surface area contributed by atoms with E-state index in [2.05, 4.69) is 17.4 Å². The summed E-state index contributed by atoms with van der Waals surface area (Å²) in [4.78, 5) is 10.4. The molecule has 1 aromatic heterocycles. The fourth-order valence-corrected chi connectivity index (χ4v) is 1.41. The highest BCUT2D eigenvalue weighted by Gasteiger charge is 2.05. The van der Waals surface area contributed by atoms with Crippen molar-refractivity contribution in [3.05, 3.63) is 18.0 Å². The monoisotopic (exact) mass is 226 g/mol. The molecule has 1 rings (SSSR count). The van der Waals surface area contributed by atoms with Gasteiger partial charge in [-0.25, -0.2) is 0 Å². The Morgan fingerprint density at radius 2 is 2.44 bits per heavy atom. The second kappa shape index (κ2) is 7.00. The minimum absolute atomic E-state index is 0.253. The van der Waals surface area contributed by atoms with Gasteiger partial charge in [-0.1, -0.05) is 12.1 Å². The summed E-state index contributed by atoms with van der Waals surface area (Å²) in [6, 6.07) is 1.82. The number of carboxylic acid groups (broad SMARTS) is 1. The lowest BCUT2D eigenvalue weighted by Gasteiger charge is -2.09. The Kier molecular flexibility index (Phi) is 5.56. The molecular weight excluding hydrogens is 208 g/mol. The summed E-state index contributed by atoms with van der Waals surface area (Å²) in [7, 11) is 0. The first-order valence-corrected chi connectivity index (χ1v) is 5.50. The molecule has 1 heterocycles. The SMILES string of the molecule is CC(CCNCc1ccno1)CCC(=O)O. The van der Waals surface area contributed by atoms with Crippen molar-refractivity contribution in [2.24, 2.45) is 5.92 Å². The number of aromatic nitrogens is 1. The van der Waals surface area contributed by atoms with Crippen LogP contribution in [0.2, 0.25) is 0 Å². The summed E-state index contributed by atoms with van der Waals surface area (Å²) in [5.74, 6) is 0.526. The second-order valence-electron chi connectivity index (χ2n) is 3.98. The molecule has 0 spiro atoms. The molecule has 1 aromatic rings. The number of nitrogens with one attached hydrogen (secondary N) is 1. The number of hydrogen-bond donors (Lipinski definition) is 2. The van der Waals surface area contributed by atoms with Crippen molar-refractivity contribution in [1.29, 1.82) is 0 Å². The number of carboxylic acids is 1. The Morgan fingerprint density at radius 1 is 1.62 bits per heavy atom. The maximum atomic E-state index is 10.4. The van der Waals surface area contributed by atoms with Gasteiger partial charge >= 0.3 is 5.97 Å². The van der Waals surface area contributed by atoms with E-state index in [-0.39, 0.29) is 6.42 Å². The van der Waals surface area contributed by atoms with Crippen LogP contribution in [0, 0.1) is 5.92 Å². The average Bonchev–Trinajstić information content (AvgIpc) is 2.74.